The van der Waals surface area contributed by atoms with E-state index < -0.39 is 0 Å². The molecule has 1 N–H and O–H groups in total. The molecule has 1 atom stereocenters. The van der Waals surface area contributed by atoms with Crippen LogP contribution in [0.15, 0.2) is 0 Å². The van der Waals surface area contributed by atoms with Crippen LogP contribution in [0.3, 0.4) is 0 Å². The molecule has 0 aliphatic carbocycles. The van der Waals surface area contributed by atoms with E-state index in [1.54, 1.807) is 0 Å². The molecule has 0 aromatic heterocycles. The second kappa shape index (κ2) is 9.90. The average Bonchev–Trinajstić information content (AvgIpc) is 2.85. The molecule has 102 valence electrons. The molecule has 1 heterocycles. The minimum absolute atomic E-state index is 0.967. The number of nitrogens with one attached hydrogen (secondary N) is 1. The summed E-state index contributed by atoms with van der Waals surface area (Å²) in [6, 6.07) is 0. The normalized spacial score (nSPS) is 20.3. The molecule has 2 heteroatoms. The lowest BCUT2D eigenvalue weighted by molar-refractivity contribution is 0.254. The summed E-state index contributed by atoms with van der Waals surface area (Å²) >= 11 is 0. The van der Waals surface area contributed by atoms with Crippen molar-refractivity contribution in [3.63, 3.8) is 0 Å². The Balaban J connectivity index is 2.08. The Kier molecular flexibility index (Phi) is 8.72. The first kappa shape index (κ1) is 15.0. The first-order valence-electron chi connectivity index (χ1n) is 7.79. The molecule has 0 aromatic carbocycles. The van der Waals surface area contributed by atoms with Crippen LogP contribution in [0, 0.1) is 5.92 Å². The van der Waals surface area contributed by atoms with Gasteiger partial charge in [0.25, 0.3) is 0 Å². The van der Waals surface area contributed by atoms with Crippen LogP contribution in [0.4, 0.5) is 0 Å². The van der Waals surface area contributed by atoms with Crippen molar-refractivity contribution in [3.05, 3.63) is 0 Å². The van der Waals surface area contributed by atoms with Gasteiger partial charge in [0.15, 0.2) is 0 Å². The summed E-state index contributed by atoms with van der Waals surface area (Å²) in [5.74, 6) is 0.967. The number of hydrogen-bond donors (Lipinski definition) is 1. The van der Waals surface area contributed by atoms with Gasteiger partial charge in [-0.2, -0.15) is 0 Å². The maximum atomic E-state index is 3.47. The summed E-state index contributed by atoms with van der Waals surface area (Å²) in [4.78, 5) is 2.69. The van der Waals surface area contributed by atoms with Gasteiger partial charge in [0.1, 0.15) is 0 Å². The number of nitrogens with zero attached hydrogens (tertiary/aromatic N) is 1. The number of hydrogen-bond acceptors (Lipinski definition) is 2. The fourth-order valence-electron chi connectivity index (χ4n) is 2.66. The van der Waals surface area contributed by atoms with E-state index in [2.05, 4.69) is 24.1 Å². The predicted octanol–water partition coefficient (Wildman–Crippen LogP) is 3.28. The van der Waals surface area contributed by atoms with Crippen molar-refractivity contribution < 1.29 is 0 Å². The third kappa shape index (κ3) is 7.05. The SMILES string of the molecule is CCCCN(CCCC)CCCC1CCNC1. The average molecular weight is 240 g/mol. The number of rotatable bonds is 10. The summed E-state index contributed by atoms with van der Waals surface area (Å²) < 4.78 is 0. The summed E-state index contributed by atoms with van der Waals surface area (Å²) in [5.41, 5.74) is 0. The first-order chi connectivity index (χ1) is 8.36. The van der Waals surface area contributed by atoms with Crippen LogP contribution in [0.5, 0.6) is 0 Å². The minimum atomic E-state index is 0.967. The summed E-state index contributed by atoms with van der Waals surface area (Å²) in [6.07, 6.45) is 9.64. The highest BCUT2D eigenvalue weighted by molar-refractivity contribution is 4.71. The van der Waals surface area contributed by atoms with Crippen LogP contribution in [0.25, 0.3) is 0 Å². The van der Waals surface area contributed by atoms with E-state index in [1.165, 1.54) is 77.7 Å². The summed E-state index contributed by atoms with van der Waals surface area (Å²) in [7, 11) is 0. The molecule has 1 unspecified atom stereocenters. The quantitative estimate of drug-likeness (QED) is 0.630. The zero-order valence-corrected chi connectivity index (χ0v) is 12.0. The van der Waals surface area contributed by atoms with Gasteiger partial charge >= 0.3 is 0 Å². The molecule has 1 saturated heterocycles. The Hall–Kier alpha value is -0.0800. The zero-order valence-electron chi connectivity index (χ0n) is 12.0. The highest BCUT2D eigenvalue weighted by atomic mass is 15.1. The monoisotopic (exact) mass is 240 g/mol. The summed E-state index contributed by atoms with van der Waals surface area (Å²) in [5, 5.41) is 3.47. The van der Waals surface area contributed by atoms with Gasteiger partial charge in [-0.1, -0.05) is 26.7 Å². The third-order valence-corrected chi connectivity index (χ3v) is 3.90. The lowest BCUT2D eigenvalue weighted by Crippen LogP contribution is -2.27. The van der Waals surface area contributed by atoms with E-state index in [4.69, 9.17) is 0 Å². The van der Waals surface area contributed by atoms with Crippen LogP contribution < -0.4 is 5.32 Å². The third-order valence-electron chi connectivity index (χ3n) is 3.90. The molecule has 1 rings (SSSR count). The van der Waals surface area contributed by atoms with Crippen molar-refractivity contribution in [2.75, 3.05) is 32.7 Å². The Morgan fingerprint density at radius 3 is 2.18 bits per heavy atom. The molecular formula is C15H32N2. The fourth-order valence-corrected chi connectivity index (χ4v) is 2.66. The van der Waals surface area contributed by atoms with Crippen LogP contribution in [-0.2, 0) is 0 Å². The van der Waals surface area contributed by atoms with Crippen LogP contribution >= 0.6 is 0 Å². The standard InChI is InChI=1S/C15H32N2/c1-3-5-11-17(12-6-4-2)13-7-8-15-9-10-16-14-15/h15-16H,3-14H2,1-2H3. The molecule has 2 nitrogen and oxygen atoms in total. The maximum absolute atomic E-state index is 3.47. The molecule has 0 amide bonds. The fraction of sp³-hybridized carbons (Fsp3) is 1.00. The highest BCUT2D eigenvalue weighted by Crippen LogP contribution is 2.14. The summed E-state index contributed by atoms with van der Waals surface area (Å²) in [6.45, 7) is 11.1. The molecule has 0 radical (unpaired) electrons. The largest absolute Gasteiger partial charge is 0.316 e. The van der Waals surface area contributed by atoms with E-state index >= 15 is 0 Å². The van der Waals surface area contributed by atoms with Crippen molar-refractivity contribution in [1.82, 2.24) is 10.2 Å². The second-order valence-electron chi connectivity index (χ2n) is 5.55. The topological polar surface area (TPSA) is 15.3 Å². The molecule has 0 aromatic rings. The molecular weight excluding hydrogens is 208 g/mol. The Morgan fingerprint density at radius 1 is 1.00 bits per heavy atom. The minimum Gasteiger partial charge on any atom is -0.316 e. The van der Waals surface area contributed by atoms with Gasteiger partial charge in [0, 0.05) is 0 Å². The van der Waals surface area contributed by atoms with Crippen molar-refractivity contribution in [2.24, 2.45) is 5.92 Å². The Labute approximate surface area is 108 Å². The van der Waals surface area contributed by atoms with Gasteiger partial charge in [-0.3, -0.25) is 0 Å². The van der Waals surface area contributed by atoms with Gasteiger partial charge in [0.2, 0.25) is 0 Å². The maximum Gasteiger partial charge on any atom is -0.00186 e. The Morgan fingerprint density at radius 2 is 1.65 bits per heavy atom. The van der Waals surface area contributed by atoms with Crippen molar-refractivity contribution >= 4 is 0 Å². The zero-order chi connectivity index (χ0) is 12.3. The van der Waals surface area contributed by atoms with Crippen LogP contribution in [0.1, 0.15) is 58.8 Å². The molecule has 1 aliphatic heterocycles. The predicted molar refractivity (Wildman–Crippen MR) is 76.5 cm³/mol. The molecule has 1 fully saturated rings. The highest BCUT2D eigenvalue weighted by Gasteiger charge is 2.14. The van der Waals surface area contributed by atoms with Gasteiger partial charge < -0.3 is 10.2 Å². The van der Waals surface area contributed by atoms with E-state index in [0.29, 0.717) is 0 Å². The van der Waals surface area contributed by atoms with Gasteiger partial charge in [0.05, 0.1) is 0 Å². The molecule has 17 heavy (non-hydrogen) atoms. The van der Waals surface area contributed by atoms with Crippen molar-refractivity contribution in [2.45, 2.75) is 58.8 Å². The smallest absolute Gasteiger partial charge is 0.00186 e. The lowest BCUT2D eigenvalue weighted by atomic mass is 10.0. The van der Waals surface area contributed by atoms with E-state index in [1.807, 2.05) is 0 Å². The van der Waals surface area contributed by atoms with Gasteiger partial charge in [-0.25, -0.2) is 0 Å². The second-order valence-corrected chi connectivity index (χ2v) is 5.55. The van der Waals surface area contributed by atoms with E-state index in [0.717, 1.165) is 5.92 Å². The molecule has 0 saturated carbocycles. The van der Waals surface area contributed by atoms with Gasteiger partial charge in [-0.05, 0) is 70.7 Å². The van der Waals surface area contributed by atoms with Crippen molar-refractivity contribution in [1.29, 1.82) is 0 Å². The first-order valence-corrected chi connectivity index (χ1v) is 7.79. The van der Waals surface area contributed by atoms with Crippen LogP contribution in [0.2, 0.25) is 0 Å². The number of unbranched alkanes of at least 4 members (excludes halogenated alkanes) is 2. The van der Waals surface area contributed by atoms with E-state index in [-0.39, 0.29) is 0 Å². The molecule has 0 spiro atoms. The lowest BCUT2D eigenvalue weighted by Gasteiger charge is -2.22. The molecule has 1 aliphatic rings. The van der Waals surface area contributed by atoms with Gasteiger partial charge in [-0.15, -0.1) is 0 Å². The van der Waals surface area contributed by atoms with E-state index in [9.17, 15) is 0 Å². The van der Waals surface area contributed by atoms with Crippen LogP contribution in [-0.4, -0.2) is 37.6 Å². The van der Waals surface area contributed by atoms with Crippen molar-refractivity contribution in [3.8, 4) is 0 Å². The Bertz CT molecular complexity index is 156. The molecule has 0 bridgehead atoms.